The first-order valence-electron chi connectivity index (χ1n) is 8.05. The molecule has 3 aromatic rings. The van der Waals surface area contributed by atoms with Crippen molar-refractivity contribution in [2.75, 3.05) is 11.1 Å². The van der Waals surface area contributed by atoms with Gasteiger partial charge in [0.2, 0.25) is 5.91 Å². The molecule has 7 heteroatoms. The van der Waals surface area contributed by atoms with Crippen LogP contribution in [0, 0.1) is 19.7 Å². The minimum absolute atomic E-state index is 0.141. The highest BCUT2D eigenvalue weighted by molar-refractivity contribution is 7.99. The van der Waals surface area contributed by atoms with Crippen molar-refractivity contribution < 1.29 is 9.18 Å². The van der Waals surface area contributed by atoms with E-state index in [9.17, 15) is 14.0 Å². The van der Waals surface area contributed by atoms with Crippen LogP contribution in [0.15, 0.2) is 47.4 Å². The fraction of sp³-hybridized carbons (Fsp3) is 0.211. The third-order valence-corrected chi connectivity index (χ3v) is 4.71. The maximum absolute atomic E-state index is 13.8. The quantitative estimate of drug-likeness (QED) is 0.747. The zero-order chi connectivity index (χ0) is 18.7. The van der Waals surface area contributed by atoms with Gasteiger partial charge in [0.05, 0.1) is 17.1 Å². The Morgan fingerprint density at radius 2 is 1.96 bits per heavy atom. The summed E-state index contributed by atoms with van der Waals surface area (Å²) in [5, 5.41) is 2.55. The number of nitrogens with one attached hydrogen (secondary N) is 1. The predicted molar refractivity (Wildman–Crippen MR) is 102 cm³/mol. The number of aryl methyl sites for hydroxylation is 2. The Hall–Kier alpha value is -2.67. The maximum Gasteiger partial charge on any atom is 0.258 e. The highest BCUT2D eigenvalue weighted by Crippen LogP contribution is 2.16. The second-order valence-electron chi connectivity index (χ2n) is 6.04. The Morgan fingerprint density at radius 3 is 2.73 bits per heavy atom. The van der Waals surface area contributed by atoms with Crippen LogP contribution >= 0.6 is 11.8 Å². The van der Waals surface area contributed by atoms with Gasteiger partial charge >= 0.3 is 0 Å². The van der Waals surface area contributed by atoms with E-state index in [0.717, 1.165) is 11.1 Å². The van der Waals surface area contributed by atoms with Crippen molar-refractivity contribution >= 4 is 29.0 Å². The number of amides is 1. The van der Waals surface area contributed by atoms with E-state index in [4.69, 9.17) is 0 Å². The fourth-order valence-electron chi connectivity index (χ4n) is 2.49. The average Bonchev–Trinajstić information content (AvgIpc) is 2.58. The van der Waals surface area contributed by atoms with Crippen LogP contribution in [0.5, 0.6) is 0 Å². The summed E-state index contributed by atoms with van der Waals surface area (Å²) in [6, 6.07) is 9.80. The number of hydrogen-bond donors (Lipinski definition) is 1. The van der Waals surface area contributed by atoms with Crippen LogP contribution in [-0.2, 0) is 10.5 Å². The zero-order valence-electron chi connectivity index (χ0n) is 14.5. The number of halogens is 1. The Bertz CT molecular complexity index is 1030. The largest absolute Gasteiger partial charge is 0.323 e. The van der Waals surface area contributed by atoms with Crippen molar-refractivity contribution in [2.45, 2.75) is 19.6 Å². The molecule has 0 aliphatic rings. The standard InChI is InChI=1S/C19H18FN3O2S/c1-12-3-5-16(15(20)7-12)22-18(24)11-26-10-14-8-19(25)23-9-13(2)4-6-17(23)21-14/h3-9H,10-11H2,1-2H3,(H,22,24). The van der Waals surface area contributed by atoms with Gasteiger partial charge in [-0.05, 0) is 43.2 Å². The summed E-state index contributed by atoms with van der Waals surface area (Å²) >= 11 is 1.32. The van der Waals surface area contributed by atoms with Gasteiger partial charge < -0.3 is 5.32 Å². The molecule has 0 saturated carbocycles. The Balaban J connectivity index is 1.61. The lowest BCUT2D eigenvalue weighted by Crippen LogP contribution is -2.17. The first-order chi connectivity index (χ1) is 12.4. The number of anilines is 1. The summed E-state index contributed by atoms with van der Waals surface area (Å²) in [7, 11) is 0. The lowest BCUT2D eigenvalue weighted by molar-refractivity contribution is -0.113. The number of pyridine rings is 1. The van der Waals surface area contributed by atoms with E-state index in [-0.39, 0.29) is 22.9 Å². The maximum atomic E-state index is 13.8. The third kappa shape index (κ3) is 4.29. The van der Waals surface area contributed by atoms with Crippen LogP contribution in [0.2, 0.25) is 0 Å². The number of nitrogens with zero attached hydrogens (tertiary/aromatic N) is 2. The van der Waals surface area contributed by atoms with Gasteiger partial charge in [0, 0.05) is 18.0 Å². The lowest BCUT2D eigenvalue weighted by atomic mass is 10.2. The van der Waals surface area contributed by atoms with Gasteiger partial charge in [-0.25, -0.2) is 9.37 Å². The molecule has 0 bridgehead atoms. The van der Waals surface area contributed by atoms with Crippen molar-refractivity contribution in [3.05, 3.63) is 75.6 Å². The minimum atomic E-state index is -0.456. The summed E-state index contributed by atoms with van der Waals surface area (Å²) in [6.07, 6.45) is 1.74. The van der Waals surface area contributed by atoms with Gasteiger partial charge in [-0.15, -0.1) is 11.8 Å². The molecule has 26 heavy (non-hydrogen) atoms. The molecular weight excluding hydrogens is 353 g/mol. The minimum Gasteiger partial charge on any atom is -0.323 e. The van der Waals surface area contributed by atoms with E-state index in [0.29, 0.717) is 17.1 Å². The van der Waals surface area contributed by atoms with Crippen LogP contribution in [0.3, 0.4) is 0 Å². The summed E-state index contributed by atoms with van der Waals surface area (Å²) in [4.78, 5) is 28.6. The summed E-state index contributed by atoms with van der Waals surface area (Å²) < 4.78 is 15.2. The van der Waals surface area contributed by atoms with Crippen molar-refractivity contribution in [3.8, 4) is 0 Å². The van der Waals surface area contributed by atoms with Gasteiger partial charge in [-0.3, -0.25) is 14.0 Å². The predicted octanol–water partition coefficient (Wildman–Crippen LogP) is 3.32. The molecule has 1 aromatic carbocycles. The monoisotopic (exact) mass is 371 g/mol. The number of benzene rings is 1. The molecule has 1 amide bonds. The number of carbonyl (C=O) groups excluding carboxylic acids is 1. The Labute approximate surface area is 154 Å². The van der Waals surface area contributed by atoms with E-state index in [1.165, 1.54) is 28.3 Å². The molecule has 0 unspecified atom stereocenters. The van der Waals surface area contributed by atoms with Crippen LogP contribution < -0.4 is 10.9 Å². The van der Waals surface area contributed by atoms with Crippen molar-refractivity contribution in [1.29, 1.82) is 0 Å². The number of fused-ring (bicyclic) bond motifs is 1. The Morgan fingerprint density at radius 1 is 1.19 bits per heavy atom. The van der Waals surface area contributed by atoms with E-state index in [2.05, 4.69) is 10.3 Å². The lowest BCUT2D eigenvalue weighted by Gasteiger charge is -2.07. The molecule has 0 fully saturated rings. The molecule has 0 radical (unpaired) electrons. The second kappa shape index (κ2) is 7.70. The highest BCUT2D eigenvalue weighted by atomic mass is 32.2. The zero-order valence-corrected chi connectivity index (χ0v) is 15.3. The number of rotatable bonds is 5. The van der Waals surface area contributed by atoms with Gasteiger partial charge in [-0.2, -0.15) is 0 Å². The van der Waals surface area contributed by atoms with Gasteiger partial charge in [0.1, 0.15) is 11.5 Å². The summed E-state index contributed by atoms with van der Waals surface area (Å²) in [5.74, 6) is -0.195. The molecule has 5 nitrogen and oxygen atoms in total. The first-order valence-corrected chi connectivity index (χ1v) is 9.20. The van der Waals surface area contributed by atoms with Crippen LogP contribution in [0.25, 0.3) is 5.65 Å². The third-order valence-electron chi connectivity index (χ3n) is 3.74. The smallest absolute Gasteiger partial charge is 0.258 e. The fourth-order valence-corrected chi connectivity index (χ4v) is 3.20. The van der Waals surface area contributed by atoms with Crippen molar-refractivity contribution in [3.63, 3.8) is 0 Å². The Kier molecular flexibility index (Phi) is 5.37. The number of aromatic nitrogens is 2. The number of carbonyl (C=O) groups is 1. The van der Waals surface area contributed by atoms with E-state index in [1.54, 1.807) is 31.3 Å². The molecule has 0 aliphatic carbocycles. The topological polar surface area (TPSA) is 63.5 Å². The van der Waals surface area contributed by atoms with Gasteiger partial charge in [-0.1, -0.05) is 12.1 Å². The second-order valence-corrected chi connectivity index (χ2v) is 7.03. The SMILES string of the molecule is Cc1ccc(NC(=O)CSCc2cc(=O)n3cc(C)ccc3n2)c(F)c1. The molecule has 0 spiro atoms. The summed E-state index contributed by atoms with van der Waals surface area (Å²) in [6.45, 7) is 3.69. The van der Waals surface area contributed by atoms with Crippen molar-refractivity contribution in [2.24, 2.45) is 0 Å². The van der Waals surface area contributed by atoms with Crippen LogP contribution in [-0.4, -0.2) is 21.0 Å². The number of hydrogen-bond acceptors (Lipinski definition) is 4. The van der Waals surface area contributed by atoms with Gasteiger partial charge in [0.15, 0.2) is 0 Å². The molecule has 2 aromatic heterocycles. The average molecular weight is 371 g/mol. The normalized spacial score (nSPS) is 10.9. The molecule has 0 atom stereocenters. The molecule has 3 rings (SSSR count). The van der Waals surface area contributed by atoms with Crippen molar-refractivity contribution in [1.82, 2.24) is 9.38 Å². The van der Waals surface area contributed by atoms with E-state index in [1.807, 2.05) is 13.0 Å². The molecule has 1 N–H and O–H groups in total. The first kappa shape index (κ1) is 18.1. The molecule has 2 heterocycles. The molecule has 0 aliphatic heterocycles. The van der Waals surface area contributed by atoms with Crippen LogP contribution in [0.4, 0.5) is 10.1 Å². The van der Waals surface area contributed by atoms with E-state index >= 15 is 0 Å². The van der Waals surface area contributed by atoms with E-state index < -0.39 is 5.82 Å². The van der Waals surface area contributed by atoms with Gasteiger partial charge in [0.25, 0.3) is 5.56 Å². The number of thioether (sulfide) groups is 1. The van der Waals surface area contributed by atoms with Crippen LogP contribution in [0.1, 0.15) is 16.8 Å². The highest BCUT2D eigenvalue weighted by Gasteiger charge is 2.08. The summed E-state index contributed by atoms with van der Waals surface area (Å²) in [5.41, 5.74) is 2.96. The molecular formula is C19H18FN3O2S. The molecule has 0 saturated heterocycles. The molecule has 134 valence electrons.